The number of carbonyl (C=O) groups is 1. The van der Waals surface area contributed by atoms with Gasteiger partial charge >= 0.3 is 5.97 Å². The molecule has 0 saturated carbocycles. The Morgan fingerprint density at radius 3 is 2.23 bits per heavy atom. The van der Waals surface area contributed by atoms with Crippen molar-refractivity contribution in [1.82, 2.24) is 0 Å². The average molecular weight is 411 g/mol. The molecule has 8 nitrogen and oxygen atoms in total. The number of nitrogens with one attached hydrogen (secondary N) is 1. The minimum Gasteiger partial charge on any atom is -0.493 e. The van der Waals surface area contributed by atoms with E-state index in [2.05, 4.69) is 5.32 Å². The zero-order valence-corrected chi connectivity index (χ0v) is 17.1. The highest BCUT2D eigenvalue weighted by Gasteiger charge is 2.48. The van der Waals surface area contributed by atoms with Gasteiger partial charge in [0.25, 0.3) is 0 Å². The summed E-state index contributed by atoms with van der Waals surface area (Å²) < 4.78 is 33.1. The summed E-state index contributed by atoms with van der Waals surface area (Å²) in [6.45, 7) is 2.33. The van der Waals surface area contributed by atoms with Gasteiger partial charge in [-0.1, -0.05) is 0 Å². The van der Waals surface area contributed by atoms with Crippen LogP contribution in [-0.4, -0.2) is 40.7 Å². The van der Waals surface area contributed by atoms with Crippen molar-refractivity contribution in [2.45, 2.75) is 12.3 Å². The summed E-state index contributed by atoms with van der Waals surface area (Å²) >= 11 is 0. The van der Waals surface area contributed by atoms with Crippen LogP contribution >= 0.6 is 0 Å². The molecule has 5 rings (SSSR count). The molecule has 0 aliphatic carbocycles. The third-order valence-corrected chi connectivity index (χ3v) is 5.93. The standard InChI is InChI=1S/C22H21NO7/c1-22(11-5-17(25-2)20(27-4)18(6-11)26-3)12-7-15-16(30-10-29-15)8-13(12)23-14-9-28-21(24)19(14)22/h5-8,23H,9-10H2,1-4H3. The molecule has 2 aromatic carbocycles. The highest BCUT2D eigenvalue weighted by Crippen LogP contribution is 2.54. The lowest BCUT2D eigenvalue weighted by molar-refractivity contribution is -0.136. The van der Waals surface area contributed by atoms with E-state index >= 15 is 0 Å². The molecule has 1 unspecified atom stereocenters. The van der Waals surface area contributed by atoms with Gasteiger partial charge < -0.3 is 33.7 Å². The number of hydrogen-bond donors (Lipinski definition) is 1. The van der Waals surface area contributed by atoms with Gasteiger partial charge in [0.15, 0.2) is 23.0 Å². The van der Waals surface area contributed by atoms with Crippen LogP contribution in [0, 0.1) is 0 Å². The van der Waals surface area contributed by atoms with Crippen molar-refractivity contribution in [2.75, 3.05) is 40.0 Å². The molecule has 2 aromatic rings. The van der Waals surface area contributed by atoms with Crippen LogP contribution in [0.2, 0.25) is 0 Å². The van der Waals surface area contributed by atoms with Gasteiger partial charge in [-0.05, 0) is 36.2 Å². The zero-order chi connectivity index (χ0) is 21.0. The predicted octanol–water partition coefficient (Wildman–Crippen LogP) is 2.98. The molecule has 0 bridgehead atoms. The highest BCUT2D eigenvalue weighted by molar-refractivity contribution is 5.99. The first-order valence-electron chi connectivity index (χ1n) is 9.43. The number of esters is 1. The number of benzene rings is 2. The van der Waals surface area contributed by atoms with Crippen LogP contribution in [-0.2, 0) is 14.9 Å². The van der Waals surface area contributed by atoms with E-state index in [4.69, 9.17) is 28.4 Å². The van der Waals surface area contributed by atoms with Gasteiger partial charge in [0.2, 0.25) is 12.5 Å². The SMILES string of the molecule is COc1cc(C2(C)C3=C(COC3=O)Nc3cc4c(cc32)OCO4)cc(OC)c1OC. The molecule has 3 aliphatic rings. The Labute approximate surface area is 173 Å². The zero-order valence-electron chi connectivity index (χ0n) is 17.1. The first-order valence-corrected chi connectivity index (χ1v) is 9.43. The van der Waals surface area contributed by atoms with Crippen LogP contribution in [0.25, 0.3) is 0 Å². The molecular weight excluding hydrogens is 390 g/mol. The molecule has 156 valence electrons. The summed E-state index contributed by atoms with van der Waals surface area (Å²) in [7, 11) is 4.68. The Morgan fingerprint density at radius 1 is 0.933 bits per heavy atom. The van der Waals surface area contributed by atoms with Crippen molar-refractivity contribution in [3.63, 3.8) is 0 Å². The van der Waals surface area contributed by atoms with Crippen LogP contribution in [0.1, 0.15) is 18.1 Å². The van der Waals surface area contributed by atoms with Crippen molar-refractivity contribution in [1.29, 1.82) is 0 Å². The summed E-state index contributed by atoms with van der Waals surface area (Å²) in [6.07, 6.45) is 0. The minimum atomic E-state index is -0.850. The summed E-state index contributed by atoms with van der Waals surface area (Å²) in [6, 6.07) is 7.51. The number of anilines is 1. The molecule has 1 N–H and O–H groups in total. The first-order chi connectivity index (χ1) is 14.5. The fourth-order valence-corrected chi connectivity index (χ4v) is 4.44. The number of methoxy groups -OCH3 is 3. The van der Waals surface area contributed by atoms with Gasteiger partial charge in [0.05, 0.1) is 38.0 Å². The van der Waals surface area contributed by atoms with Crippen LogP contribution in [0.4, 0.5) is 5.69 Å². The van der Waals surface area contributed by atoms with Gasteiger partial charge in [-0.2, -0.15) is 0 Å². The summed E-state index contributed by atoms with van der Waals surface area (Å²) in [5.74, 6) is 2.41. The average Bonchev–Trinajstić information content (AvgIpc) is 3.37. The third kappa shape index (κ3) is 2.36. The lowest BCUT2D eigenvalue weighted by Gasteiger charge is -2.37. The predicted molar refractivity (Wildman–Crippen MR) is 107 cm³/mol. The number of ether oxygens (including phenoxy) is 6. The molecule has 0 radical (unpaired) electrons. The quantitative estimate of drug-likeness (QED) is 0.769. The summed E-state index contributed by atoms with van der Waals surface area (Å²) in [5.41, 5.74) is 2.90. The first kappa shape index (κ1) is 18.5. The maximum atomic E-state index is 12.8. The third-order valence-electron chi connectivity index (χ3n) is 5.93. The van der Waals surface area contributed by atoms with E-state index in [0.717, 1.165) is 22.5 Å². The van der Waals surface area contributed by atoms with E-state index in [1.165, 1.54) is 0 Å². The summed E-state index contributed by atoms with van der Waals surface area (Å²) in [4.78, 5) is 12.8. The van der Waals surface area contributed by atoms with Gasteiger partial charge in [-0.25, -0.2) is 4.79 Å². The number of rotatable bonds is 4. The lowest BCUT2D eigenvalue weighted by atomic mass is 9.68. The van der Waals surface area contributed by atoms with Crippen molar-refractivity contribution < 1.29 is 33.2 Å². The van der Waals surface area contributed by atoms with E-state index in [-0.39, 0.29) is 19.4 Å². The van der Waals surface area contributed by atoms with E-state index in [1.807, 2.05) is 31.2 Å². The number of fused-ring (bicyclic) bond motifs is 2. The molecule has 0 aromatic heterocycles. The molecule has 3 aliphatic heterocycles. The van der Waals surface area contributed by atoms with Crippen LogP contribution in [0.5, 0.6) is 28.7 Å². The Hall–Kier alpha value is -3.55. The van der Waals surface area contributed by atoms with E-state index in [0.29, 0.717) is 34.3 Å². The second-order valence-corrected chi connectivity index (χ2v) is 7.34. The molecule has 8 heteroatoms. The smallest absolute Gasteiger partial charge is 0.337 e. The summed E-state index contributed by atoms with van der Waals surface area (Å²) in [5, 5.41) is 3.33. The molecule has 30 heavy (non-hydrogen) atoms. The fraction of sp³-hybridized carbons (Fsp3) is 0.318. The van der Waals surface area contributed by atoms with E-state index in [1.54, 1.807) is 21.3 Å². The monoisotopic (exact) mass is 411 g/mol. The van der Waals surface area contributed by atoms with E-state index < -0.39 is 5.41 Å². The number of hydrogen-bond acceptors (Lipinski definition) is 8. The lowest BCUT2D eigenvalue weighted by Crippen LogP contribution is -2.35. The maximum absolute atomic E-state index is 12.8. The number of carbonyl (C=O) groups excluding carboxylic acids is 1. The normalized spacial score (nSPS) is 20.9. The van der Waals surface area contributed by atoms with Crippen molar-refractivity contribution in [3.8, 4) is 28.7 Å². The van der Waals surface area contributed by atoms with Crippen LogP contribution < -0.4 is 29.0 Å². The van der Waals surface area contributed by atoms with Crippen molar-refractivity contribution in [3.05, 3.63) is 46.7 Å². The molecule has 0 amide bonds. The molecule has 1 atom stereocenters. The second-order valence-electron chi connectivity index (χ2n) is 7.34. The van der Waals surface area contributed by atoms with Gasteiger partial charge in [-0.15, -0.1) is 0 Å². The van der Waals surface area contributed by atoms with Gasteiger partial charge in [-0.3, -0.25) is 0 Å². The van der Waals surface area contributed by atoms with Gasteiger partial charge in [0.1, 0.15) is 6.61 Å². The Morgan fingerprint density at radius 2 is 1.60 bits per heavy atom. The Kier molecular flexibility index (Phi) is 3.99. The topological polar surface area (TPSA) is 84.5 Å². The minimum absolute atomic E-state index is 0.161. The highest BCUT2D eigenvalue weighted by atomic mass is 16.7. The molecular formula is C22H21NO7. The second kappa shape index (κ2) is 6.48. The largest absolute Gasteiger partial charge is 0.493 e. The number of cyclic esters (lactones) is 1. The molecule has 3 heterocycles. The molecule has 0 spiro atoms. The van der Waals surface area contributed by atoms with Crippen LogP contribution in [0.15, 0.2) is 35.5 Å². The Balaban J connectivity index is 1.80. The van der Waals surface area contributed by atoms with E-state index in [9.17, 15) is 4.79 Å². The van der Waals surface area contributed by atoms with Crippen molar-refractivity contribution in [2.24, 2.45) is 0 Å². The molecule has 0 fully saturated rings. The maximum Gasteiger partial charge on any atom is 0.337 e. The van der Waals surface area contributed by atoms with Crippen LogP contribution in [0.3, 0.4) is 0 Å². The fourth-order valence-electron chi connectivity index (χ4n) is 4.44. The van der Waals surface area contributed by atoms with Crippen molar-refractivity contribution >= 4 is 11.7 Å². The van der Waals surface area contributed by atoms with Gasteiger partial charge in [0, 0.05) is 11.8 Å². The molecule has 0 saturated heterocycles. The Bertz CT molecular complexity index is 1080.